The van der Waals surface area contributed by atoms with Gasteiger partial charge < -0.3 is 0 Å². The molecule has 0 spiro atoms. The molecular formula is C13H13Cl2N3O. The van der Waals surface area contributed by atoms with E-state index in [1.54, 1.807) is 24.3 Å². The number of benzene rings is 2. The van der Waals surface area contributed by atoms with Gasteiger partial charge in [0.25, 0.3) is 5.91 Å². The summed E-state index contributed by atoms with van der Waals surface area (Å²) in [5.74, 6) is 5.32. The predicted molar refractivity (Wildman–Crippen MR) is 79.1 cm³/mol. The van der Waals surface area contributed by atoms with Gasteiger partial charge in [0.1, 0.15) is 0 Å². The van der Waals surface area contributed by atoms with Crippen molar-refractivity contribution in [1.82, 2.24) is 5.12 Å². The number of carbonyl (C=O) groups excluding carboxylic acids is 1. The van der Waals surface area contributed by atoms with E-state index in [9.17, 15) is 4.79 Å². The van der Waals surface area contributed by atoms with Crippen LogP contribution in [0.3, 0.4) is 0 Å². The minimum Gasteiger partial charge on any atom is -0.281 e. The monoisotopic (exact) mass is 297 g/mol. The quantitative estimate of drug-likeness (QED) is 0.520. The van der Waals surface area contributed by atoms with Crippen molar-refractivity contribution in [2.75, 3.05) is 5.43 Å². The van der Waals surface area contributed by atoms with Crippen molar-refractivity contribution in [2.24, 2.45) is 5.84 Å². The van der Waals surface area contributed by atoms with E-state index in [-0.39, 0.29) is 18.3 Å². The zero-order chi connectivity index (χ0) is 13.0. The minimum absolute atomic E-state index is 0. The summed E-state index contributed by atoms with van der Waals surface area (Å²) in [5, 5.41) is 1.52. The lowest BCUT2D eigenvalue weighted by molar-refractivity contribution is 0.0793. The molecular weight excluding hydrogens is 285 g/mol. The summed E-state index contributed by atoms with van der Waals surface area (Å²) in [6.45, 7) is 0. The number of para-hydroxylation sites is 1. The Hall–Kier alpha value is -1.75. The molecule has 2 aromatic rings. The number of carbonyl (C=O) groups is 1. The van der Waals surface area contributed by atoms with E-state index in [0.717, 1.165) is 10.8 Å². The Morgan fingerprint density at radius 2 is 1.63 bits per heavy atom. The fraction of sp³-hybridized carbons (Fsp3) is 0. The second-order valence-corrected chi connectivity index (χ2v) is 4.10. The van der Waals surface area contributed by atoms with Crippen LogP contribution < -0.4 is 11.3 Å². The van der Waals surface area contributed by atoms with Crippen molar-refractivity contribution in [3.63, 3.8) is 0 Å². The number of amides is 1. The van der Waals surface area contributed by atoms with Gasteiger partial charge in [-0.3, -0.25) is 10.2 Å². The highest BCUT2D eigenvalue weighted by Crippen LogP contribution is 2.11. The van der Waals surface area contributed by atoms with Gasteiger partial charge in [0.15, 0.2) is 0 Å². The highest BCUT2D eigenvalue weighted by molar-refractivity contribution is 6.30. The largest absolute Gasteiger partial charge is 0.286 e. The van der Waals surface area contributed by atoms with Crippen molar-refractivity contribution in [3.05, 3.63) is 65.2 Å². The Morgan fingerprint density at radius 3 is 2.21 bits per heavy atom. The highest BCUT2D eigenvalue weighted by Gasteiger charge is 2.11. The van der Waals surface area contributed by atoms with E-state index in [4.69, 9.17) is 17.4 Å². The molecule has 2 rings (SSSR count). The van der Waals surface area contributed by atoms with Crippen LogP contribution in [0.15, 0.2) is 54.6 Å². The van der Waals surface area contributed by atoms with Crippen molar-refractivity contribution < 1.29 is 4.79 Å². The number of nitrogens with one attached hydrogen (secondary N) is 1. The molecule has 0 unspecified atom stereocenters. The Labute approximate surface area is 122 Å². The van der Waals surface area contributed by atoms with Crippen LogP contribution in [0.1, 0.15) is 10.4 Å². The number of hydrogen-bond acceptors (Lipinski definition) is 3. The fourth-order valence-corrected chi connectivity index (χ4v) is 1.56. The number of nitrogens with two attached hydrogens (primary N) is 1. The van der Waals surface area contributed by atoms with Crippen LogP contribution >= 0.6 is 24.0 Å². The standard InChI is InChI=1S/C13H12ClN3O.ClH/c14-11-8-6-10(7-9-11)13(18)17(15)16-12-4-2-1-3-5-12;/h1-9,16H,15H2;1H. The van der Waals surface area contributed by atoms with Gasteiger partial charge in [0, 0.05) is 10.6 Å². The molecule has 0 heterocycles. The summed E-state index contributed by atoms with van der Waals surface area (Å²) in [4.78, 5) is 12.0. The first kappa shape index (κ1) is 15.3. The van der Waals surface area contributed by atoms with Crippen molar-refractivity contribution in [2.45, 2.75) is 0 Å². The SMILES string of the molecule is Cl.NN(Nc1ccccc1)C(=O)c1ccc(Cl)cc1. The molecule has 100 valence electrons. The van der Waals surface area contributed by atoms with Crippen LogP contribution in [-0.2, 0) is 0 Å². The molecule has 0 radical (unpaired) electrons. The van der Waals surface area contributed by atoms with Gasteiger partial charge in [-0.2, -0.15) is 5.12 Å². The molecule has 0 saturated heterocycles. The number of rotatable bonds is 3. The van der Waals surface area contributed by atoms with E-state index < -0.39 is 0 Å². The zero-order valence-electron chi connectivity index (χ0n) is 9.92. The third-order valence-electron chi connectivity index (χ3n) is 2.33. The van der Waals surface area contributed by atoms with Gasteiger partial charge in [-0.15, -0.1) is 12.4 Å². The molecule has 0 atom stereocenters. The maximum Gasteiger partial charge on any atom is 0.286 e. The molecule has 3 N–H and O–H groups in total. The summed E-state index contributed by atoms with van der Waals surface area (Å²) < 4.78 is 0. The smallest absolute Gasteiger partial charge is 0.281 e. The molecule has 0 bridgehead atoms. The molecule has 0 aliphatic heterocycles. The van der Waals surface area contributed by atoms with E-state index in [0.29, 0.717) is 10.6 Å². The summed E-state index contributed by atoms with van der Waals surface area (Å²) in [5.41, 5.74) is 3.98. The summed E-state index contributed by atoms with van der Waals surface area (Å²) in [7, 11) is 0. The van der Waals surface area contributed by atoms with E-state index >= 15 is 0 Å². The lowest BCUT2D eigenvalue weighted by Gasteiger charge is -2.18. The van der Waals surface area contributed by atoms with Crippen LogP contribution in [-0.4, -0.2) is 11.0 Å². The predicted octanol–water partition coefficient (Wildman–Crippen LogP) is 3.10. The molecule has 0 aromatic heterocycles. The van der Waals surface area contributed by atoms with Gasteiger partial charge in [-0.1, -0.05) is 29.8 Å². The van der Waals surface area contributed by atoms with Crippen LogP contribution in [0.4, 0.5) is 5.69 Å². The highest BCUT2D eigenvalue weighted by atomic mass is 35.5. The van der Waals surface area contributed by atoms with Gasteiger partial charge >= 0.3 is 0 Å². The molecule has 0 fully saturated rings. The van der Waals surface area contributed by atoms with Gasteiger partial charge in [-0.05, 0) is 36.4 Å². The van der Waals surface area contributed by atoms with Gasteiger partial charge in [0.05, 0.1) is 5.69 Å². The normalized spacial score (nSPS) is 9.37. The number of hydrogen-bond donors (Lipinski definition) is 2. The minimum atomic E-state index is -0.337. The molecule has 0 saturated carbocycles. The topological polar surface area (TPSA) is 58.4 Å². The number of nitrogens with zero attached hydrogens (tertiary/aromatic N) is 1. The maximum atomic E-state index is 12.0. The Kier molecular flexibility index (Phi) is 5.63. The number of hydrazine groups is 2. The number of anilines is 1. The summed E-state index contributed by atoms with van der Waals surface area (Å²) in [6, 6.07) is 15.7. The lowest BCUT2D eigenvalue weighted by atomic mass is 10.2. The Bertz CT molecular complexity index is 531. The van der Waals surface area contributed by atoms with Crippen LogP contribution in [0.2, 0.25) is 5.02 Å². The lowest BCUT2D eigenvalue weighted by Crippen LogP contribution is -2.42. The van der Waals surface area contributed by atoms with Crippen LogP contribution in [0.5, 0.6) is 0 Å². The first-order valence-electron chi connectivity index (χ1n) is 5.33. The van der Waals surface area contributed by atoms with E-state index in [1.165, 1.54) is 0 Å². The first-order chi connectivity index (χ1) is 8.66. The van der Waals surface area contributed by atoms with E-state index in [2.05, 4.69) is 5.43 Å². The summed E-state index contributed by atoms with van der Waals surface area (Å²) >= 11 is 5.75. The second kappa shape index (κ2) is 6.99. The molecule has 0 aliphatic carbocycles. The average Bonchev–Trinajstić information content (AvgIpc) is 2.40. The number of halogens is 2. The molecule has 19 heavy (non-hydrogen) atoms. The molecule has 6 heteroatoms. The third-order valence-corrected chi connectivity index (χ3v) is 2.59. The Balaban J connectivity index is 0.00000180. The molecule has 0 aliphatic rings. The van der Waals surface area contributed by atoms with E-state index in [1.807, 2.05) is 30.3 Å². The van der Waals surface area contributed by atoms with Gasteiger partial charge in [0.2, 0.25) is 0 Å². The van der Waals surface area contributed by atoms with Crippen molar-refractivity contribution in [3.8, 4) is 0 Å². The van der Waals surface area contributed by atoms with Crippen molar-refractivity contribution >= 4 is 35.6 Å². The zero-order valence-corrected chi connectivity index (χ0v) is 11.5. The molecule has 1 amide bonds. The molecule has 4 nitrogen and oxygen atoms in total. The fourth-order valence-electron chi connectivity index (χ4n) is 1.43. The van der Waals surface area contributed by atoms with Crippen LogP contribution in [0.25, 0.3) is 0 Å². The van der Waals surface area contributed by atoms with Crippen molar-refractivity contribution in [1.29, 1.82) is 0 Å². The third kappa shape index (κ3) is 4.13. The molecule has 2 aromatic carbocycles. The second-order valence-electron chi connectivity index (χ2n) is 3.66. The Morgan fingerprint density at radius 1 is 1.05 bits per heavy atom. The van der Waals surface area contributed by atoms with Gasteiger partial charge in [-0.25, -0.2) is 5.84 Å². The first-order valence-corrected chi connectivity index (χ1v) is 5.71. The summed E-state index contributed by atoms with van der Waals surface area (Å²) in [6.07, 6.45) is 0. The average molecular weight is 298 g/mol. The maximum absolute atomic E-state index is 12.0. The van der Waals surface area contributed by atoms with Crippen LogP contribution in [0, 0.1) is 0 Å².